The van der Waals surface area contributed by atoms with Gasteiger partial charge in [0.05, 0.1) is 17.6 Å². The fourth-order valence-electron chi connectivity index (χ4n) is 4.91. The number of aliphatic imine (C=N–C) groups is 1. The number of alkyl halides is 5. The summed E-state index contributed by atoms with van der Waals surface area (Å²) in [6.07, 6.45) is 0.796. The Morgan fingerprint density at radius 3 is 2.28 bits per heavy atom. The number of benzene rings is 3. The van der Waals surface area contributed by atoms with Gasteiger partial charge in [-0.2, -0.15) is 22.0 Å². The SMILES string of the molecule is C=C.C=C(S)C(=C)N=CN1CCC(Cc2ccccc2)CC1.Cc1ccc2c(c1)OCC(F)(F)c1cc(C(F)(F)F)ccc1CO2. The van der Waals surface area contributed by atoms with Gasteiger partial charge in [0.25, 0.3) is 0 Å². The molecule has 0 bridgehead atoms. The first kappa shape index (κ1) is 36.4. The molecule has 46 heavy (non-hydrogen) atoms. The van der Waals surface area contributed by atoms with E-state index in [4.69, 9.17) is 9.47 Å². The lowest BCUT2D eigenvalue weighted by atomic mass is 9.90. The summed E-state index contributed by atoms with van der Waals surface area (Å²) in [7, 11) is 0. The van der Waals surface area contributed by atoms with Crippen molar-refractivity contribution in [2.75, 3.05) is 19.7 Å². The molecule has 0 spiro atoms. The summed E-state index contributed by atoms with van der Waals surface area (Å²) in [5, 5.41) is 0. The summed E-state index contributed by atoms with van der Waals surface area (Å²) in [6.45, 7) is 16.1. The minimum atomic E-state index is -4.70. The van der Waals surface area contributed by atoms with Crippen molar-refractivity contribution in [2.45, 2.75) is 44.9 Å². The second-order valence-corrected chi connectivity index (χ2v) is 11.4. The lowest BCUT2D eigenvalue weighted by Crippen LogP contribution is -2.33. The van der Waals surface area contributed by atoms with Crippen molar-refractivity contribution in [3.05, 3.63) is 131 Å². The third kappa shape index (κ3) is 10.5. The van der Waals surface area contributed by atoms with Crippen LogP contribution < -0.4 is 9.47 Å². The molecule has 0 radical (unpaired) electrons. The maximum atomic E-state index is 14.4. The van der Waals surface area contributed by atoms with Gasteiger partial charge in [0.15, 0.2) is 18.1 Å². The zero-order valence-corrected chi connectivity index (χ0v) is 26.7. The van der Waals surface area contributed by atoms with E-state index in [0.29, 0.717) is 16.7 Å². The van der Waals surface area contributed by atoms with Gasteiger partial charge in [-0.15, -0.1) is 25.8 Å². The van der Waals surface area contributed by atoms with Gasteiger partial charge in [0.2, 0.25) is 0 Å². The van der Waals surface area contributed by atoms with Gasteiger partial charge in [-0.1, -0.05) is 55.6 Å². The Morgan fingerprint density at radius 2 is 1.65 bits per heavy atom. The Hall–Kier alpha value is -4.05. The second kappa shape index (κ2) is 16.5. The van der Waals surface area contributed by atoms with E-state index in [1.54, 1.807) is 25.1 Å². The number of rotatable bonds is 5. The number of fused-ring (bicyclic) bond motifs is 2. The Bertz CT molecular complexity index is 1500. The first-order chi connectivity index (χ1) is 21.8. The molecule has 0 saturated carbocycles. The van der Waals surface area contributed by atoms with Crippen molar-refractivity contribution in [1.29, 1.82) is 0 Å². The van der Waals surface area contributed by atoms with Crippen molar-refractivity contribution < 1.29 is 31.4 Å². The van der Waals surface area contributed by atoms with Gasteiger partial charge in [-0.25, -0.2) is 4.99 Å². The van der Waals surface area contributed by atoms with E-state index in [-0.39, 0.29) is 23.7 Å². The summed E-state index contributed by atoms with van der Waals surface area (Å²) in [6, 6.07) is 17.9. The molecule has 1 fully saturated rings. The first-order valence-electron chi connectivity index (χ1n) is 14.7. The molecule has 0 N–H and O–H groups in total. The van der Waals surface area contributed by atoms with E-state index in [0.717, 1.165) is 36.7 Å². The highest BCUT2D eigenvalue weighted by Gasteiger charge is 2.39. The zero-order valence-electron chi connectivity index (χ0n) is 25.8. The number of halogens is 5. The van der Waals surface area contributed by atoms with Crippen molar-refractivity contribution in [2.24, 2.45) is 10.9 Å². The maximum absolute atomic E-state index is 14.4. The summed E-state index contributed by atoms with van der Waals surface area (Å²) >= 11 is 4.13. The van der Waals surface area contributed by atoms with Crippen molar-refractivity contribution in [1.82, 2.24) is 4.90 Å². The fourth-order valence-corrected chi connectivity index (χ4v) is 4.97. The molecule has 2 aliphatic rings. The van der Waals surface area contributed by atoms with Crippen LogP contribution in [0, 0.1) is 12.8 Å². The van der Waals surface area contributed by atoms with Crippen LogP contribution in [0.5, 0.6) is 11.5 Å². The normalized spacial score (nSPS) is 15.9. The molecule has 0 amide bonds. The predicted molar refractivity (Wildman–Crippen MR) is 178 cm³/mol. The van der Waals surface area contributed by atoms with E-state index in [1.807, 2.05) is 6.34 Å². The van der Waals surface area contributed by atoms with Crippen LogP contribution in [0.3, 0.4) is 0 Å². The van der Waals surface area contributed by atoms with Gasteiger partial charge in [-0.05, 0) is 73.1 Å². The molecule has 1 saturated heterocycles. The van der Waals surface area contributed by atoms with Crippen LogP contribution in [0.2, 0.25) is 0 Å². The molecule has 3 aromatic carbocycles. The number of aryl methyl sites for hydroxylation is 1. The number of ether oxygens (including phenoxy) is 2. The molecule has 2 aliphatic heterocycles. The molecule has 2 heterocycles. The Balaban J connectivity index is 0.000000241. The van der Waals surface area contributed by atoms with Gasteiger partial charge in [0, 0.05) is 23.6 Å². The number of thiol groups is 1. The van der Waals surface area contributed by atoms with E-state index < -0.39 is 29.8 Å². The van der Waals surface area contributed by atoms with Gasteiger partial charge in [0.1, 0.15) is 6.61 Å². The first-order valence-corrected chi connectivity index (χ1v) is 15.1. The zero-order chi connectivity index (χ0) is 33.9. The smallest absolute Gasteiger partial charge is 0.416 e. The fraction of sp³-hybridized carbons (Fsp3) is 0.306. The average molecular weight is 659 g/mol. The molecule has 5 rings (SSSR count). The van der Waals surface area contributed by atoms with Crippen LogP contribution in [0.25, 0.3) is 0 Å². The monoisotopic (exact) mass is 658 g/mol. The lowest BCUT2D eigenvalue weighted by Gasteiger charge is -2.30. The standard InChI is InChI=1S/C17H13F5O2.C17H22N2S.C2H4/c1-10-2-5-14-15(6-10)24-9-16(18,19)13-7-12(17(20,21)22)4-3-11(13)8-23-14;1-14(15(2)20)18-13-19-10-8-17(9-11-19)12-16-6-4-3-5-7-16;1-2/h2-7H,8-9H2,1H3;3-7,13,17,20H,1-2,8-12H2;1-2H2. The summed E-state index contributed by atoms with van der Waals surface area (Å²) in [4.78, 5) is 7.17. The molecule has 4 nitrogen and oxygen atoms in total. The van der Waals surface area contributed by atoms with E-state index >= 15 is 0 Å². The Kier molecular flexibility index (Phi) is 13.1. The minimum absolute atomic E-state index is 0.00924. The van der Waals surface area contributed by atoms with E-state index in [9.17, 15) is 22.0 Å². The lowest BCUT2D eigenvalue weighted by molar-refractivity contribution is -0.138. The van der Waals surface area contributed by atoms with Crippen molar-refractivity contribution in [3.63, 3.8) is 0 Å². The summed E-state index contributed by atoms with van der Waals surface area (Å²) in [5.41, 5.74) is 0.997. The van der Waals surface area contributed by atoms with Crippen molar-refractivity contribution in [3.8, 4) is 11.5 Å². The van der Waals surface area contributed by atoms with Crippen LogP contribution in [0.1, 0.15) is 40.7 Å². The molecule has 0 aromatic heterocycles. The van der Waals surface area contributed by atoms with Crippen LogP contribution >= 0.6 is 12.6 Å². The molecule has 3 aromatic rings. The van der Waals surface area contributed by atoms with E-state index in [1.165, 1.54) is 24.8 Å². The van der Waals surface area contributed by atoms with Crippen LogP contribution in [-0.4, -0.2) is 30.9 Å². The van der Waals surface area contributed by atoms with Crippen LogP contribution in [-0.2, 0) is 25.1 Å². The number of piperidine rings is 1. The number of hydrogen-bond acceptors (Lipinski definition) is 4. The molecular formula is C36H39F5N2O2S. The number of nitrogens with zero attached hydrogens (tertiary/aromatic N) is 2. The average Bonchev–Trinajstić information content (AvgIpc) is 3.08. The second-order valence-electron chi connectivity index (χ2n) is 10.9. The van der Waals surface area contributed by atoms with Crippen LogP contribution in [0.15, 0.2) is 109 Å². The van der Waals surface area contributed by atoms with Gasteiger partial charge >= 0.3 is 12.1 Å². The molecule has 0 aliphatic carbocycles. The predicted octanol–water partition coefficient (Wildman–Crippen LogP) is 9.81. The topological polar surface area (TPSA) is 34.1 Å². The van der Waals surface area contributed by atoms with Crippen LogP contribution in [0.4, 0.5) is 22.0 Å². The molecule has 10 heteroatoms. The highest BCUT2D eigenvalue weighted by atomic mass is 32.1. The highest BCUT2D eigenvalue weighted by molar-refractivity contribution is 7.84. The maximum Gasteiger partial charge on any atom is 0.416 e. The Morgan fingerprint density at radius 1 is 0.978 bits per heavy atom. The third-order valence-corrected chi connectivity index (χ3v) is 7.71. The van der Waals surface area contributed by atoms with Crippen molar-refractivity contribution >= 4 is 19.0 Å². The largest absolute Gasteiger partial charge is 0.485 e. The Labute approximate surface area is 273 Å². The molecular weight excluding hydrogens is 619 g/mol. The minimum Gasteiger partial charge on any atom is -0.485 e. The molecule has 246 valence electrons. The number of hydrogen-bond donors (Lipinski definition) is 1. The quantitative estimate of drug-likeness (QED) is 0.0740. The number of likely N-dealkylation sites (tertiary alicyclic amines) is 1. The van der Waals surface area contributed by atoms with Gasteiger partial charge < -0.3 is 14.4 Å². The highest BCUT2D eigenvalue weighted by Crippen LogP contribution is 2.40. The van der Waals surface area contributed by atoms with E-state index in [2.05, 4.69) is 79.2 Å². The summed E-state index contributed by atoms with van der Waals surface area (Å²) in [5.74, 6) is -2.39. The molecule has 0 atom stereocenters. The third-order valence-electron chi connectivity index (χ3n) is 7.45. The summed E-state index contributed by atoms with van der Waals surface area (Å²) < 4.78 is 77.9. The van der Waals surface area contributed by atoms with Gasteiger partial charge in [-0.3, -0.25) is 0 Å². The molecule has 0 unspecified atom stereocenters.